The zero-order valence-corrected chi connectivity index (χ0v) is 22.3. The molecule has 4 aromatic rings. The van der Waals surface area contributed by atoms with Crippen molar-refractivity contribution in [2.75, 3.05) is 6.54 Å². The first kappa shape index (κ1) is 31.8. The highest BCUT2D eigenvalue weighted by Crippen LogP contribution is 2.28. The average molecular weight is 629 g/mol. The minimum Gasteiger partial charge on any atom is -0.406 e. The second-order valence-electron chi connectivity index (χ2n) is 9.19. The van der Waals surface area contributed by atoms with Crippen molar-refractivity contribution < 1.29 is 45.1 Å². The molecule has 0 aliphatic rings. The number of hydrogen-bond acceptors (Lipinski definition) is 8. The summed E-state index contributed by atoms with van der Waals surface area (Å²) >= 11 is 0. The Hall–Kier alpha value is -5.10. The molecule has 3 aromatic heterocycles. The van der Waals surface area contributed by atoms with E-state index in [1.807, 2.05) is 0 Å². The molecule has 2 N–H and O–H groups in total. The van der Waals surface area contributed by atoms with Gasteiger partial charge in [-0.15, -0.1) is 23.4 Å². The smallest absolute Gasteiger partial charge is 0.406 e. The molecule has 0 radical (unpaired) electrons. The quantitative estimate of drug-likeness (QED) is 0.226. The number of nitrogens with zero attached hydrogens (tertiary/aromatic N) is 7. The zero-order valence-electron chi connectivity index (χ0n) is 22.3. The number of aromatic amines is 1. The van der Waals surface area contributed by atoms with E-state index in [0.717, 1.165) is 40.0 Å². The van der Waals surface area contributed by atoms with Gasteiger partial charge in [0.05, 0.1) is 31.2 Å². The second kappa shape index (κ2) is 13.5. The molecule has 19 heteroatoms. The van der Waals surface area contributed by atoms with E-state index in [0.29, 0.717) is 5.56 Å². The van der Waals surface area contributed by atoms with E-state index in [4.69, 9.17) is 0 Å². The number of nitrogens with one attached hydrogen (secondary N) is 2. The van der Waals surface area contributed by atoms with Crippen molar-refractivity contribution in [3.05, 3.63) is 83.2 Å². The molecule has 1 unspecified atom stereocenters. The highest BCUT2D eigenvalue weighted by Gasteiger charge is 2.33. The third kappa shape index (κ3) is 9.20. The summed E-state index contributed by atoms with van der Waals surface area (Å²) in [5, 5.41) is 19.3. The lowest BCUT2D eigenvalue weighted by molar-refractivity contribution is -0.274. The molecule has 3 heterocycles. The molecule has 0 saturated carbocycles. The second-order valence-corrected chi connectivity index (χ2v) is 9.19. The molecule has 0 spiro atoms. The van der Waals surface area contributed by atoms with Crippen molar-refractivity contribution in [3.63, 3.8) is 0 Å². The number of pyridine rings is 1. The van der Waals surface area contributed by atoms with Crippen molar-refractivity contribution in [3.8, 4) is 5.75 Å². The first-order valence-corrected chi connectivity index (χ1v) is 12.6. The average Bonchev–Trinajstić information content (AvgIpc) is 3.66. The lowest BCUT2D eigenvalue weighted by atomic mass is 10.2. The highest BCUT2D eigenvalue weighted by atomic mass is 19.4. The molecule has 0 saturated heterocycles. The van der Waals surface area contributed by atoms with Gasteiger partial charge in [0.2, 0.25) is 0 Å². The summed E-state index contributed by atoms with van der Waals surface area (Å²) in [6.45, 7) is -1.23. The van der Waals surface area contributed by atoms with Crippen LogP contribution >= 0.6 is 0 Å². The predicted octanol–water partition coefficient (Wildman–Crippen LogP) is 3.71. The summed E-state index contributed by atoms with van der Waals surface area (Å²) in [6, 6.07) is 8.16. The highest BCUT2D eigenvalue weighted by molar-refractivity contribution is 5.92. The van der Waals surface area contributed by atoms with Gasteiger partial charge in [-0.2, -0.15) is 13.2 Å². The van der Waals surface area contributed by atoms with Gasteiger partial charge < -0.3 is 15.0 Å². The lowest BCUT2D eigenvalue weighted by Gasteiger charge is -2.23. The van der Waals surface area contributed by atoms with E-state index in [1.165, 1.54) is 24.4 Å². The van der Waals surface area contributed by atoms with Crippen LogP contribution in [-0.2, 0) is 25.8 Å². The number of benzene rings is 1. The van der Waals surface area contributed by atoms with Crippen molar-refractivity contribution in [2.45, 2.75) is 44.8 Å². The number of H-pyrrole nitrogens is 1. The van der Waals surface area contributed by atoms with Gasteiger partial charge in [0.15, 0.2) is 11.4 Å². The molecule has 44 heavy (non-hydrogen) atoms. The van der Waals surface area contributed by atoms with Gasteiger partial charge in [-0.3, -0.25) is 19.4 Å². The Kier molecular flexibility index (Phi) is 9.74. The number of carbonyl (C=O) groups excluding carboxylic acids is 2. The Morgan fingerprint density at radius 2 is 1.82 bits per heavy atom. The molecule has 234 valence electrons. The van der Waals surface area contributed by atoms with Crippen LogP contribution in [0.25, 0.3) is 0 Å². The third-order valence-electron chi connectivity index (χ3n) is 5.82. The summed E-state index contributed by atoms with van der Waals surface area (Å²) in [7, 11) is 0. The van der Waals surface area contributed by atoms with E-state index >= 15 is 4.39 Å². The fourth-order valence-electron chi connectivity index (χ4n) is 3.85. The molecule has 4 rings (SSSR count). The van der Waals surface area contributed by atoms with E-state index in [1.54, 1.807) is 0 Å². The number of aromatic nitrogens is 7. The number of halogens is 7. The largest absolute Gasteiger partial charge is 0.573 e. The SMILES string of the molecule is O=C(NCc1cccc(OC(F)(F)F)c1)c1cn(CCC(F)CN(Cc2cccc(C(F)(F)F)n2)C(=O)c2c[nH]nn2)nn1. The van der Waals surface area contributed by atoms with Crippen LogP contribution in [0.4, 0.5) is 30.7 Å². The topological polar surface area (TPSA) is 144 Å². The van der Waals surface area contributed by atoms with E-state index < -0.39 is 55.1 Å². The predicted molar refractivity (Wildman–Crippen MR) is 134 cm³/mol. The minimum atomic E-state index is -4.87. The number of rotatable bonds is 12. The lowest BCUT2D eigenvalue weighted by Crippen LogP contribution is -2.36. The van der Waals surface area contributed by atoms with Gasteiger partial charge in [-0.25, -0.2) is 9.37 Å². The number of amides is 2. The molecule has 0 bridgehead atoms. The van der Waals surface area contributed by atoms with Crippen molar-refractivity contribution in [2.24, 2.45) is 0 Å². The fraction of sp³-hybridized carbons (Fsp3) is 0.320. The normalized spacial score (nSPS) is 12.5. The van der Waals surface area contributed by atoms with Crippen molar-refractivity contribution in [1.82, 2.24) is 45.6 Å². The van der Waals surface area contributed by atoms with Crippen LogP contribution in [0.5, 0.6) is 5.75 Å². The summed E-state index contributed by atoms with van der Waals surface area (Å²) in [4.78, 5) is 29.8. The van der Waals surface area contributed by atoms with Crippen molar-refractivity contribution >= 4 is 11.8 Å². The zero-order chi connectivity index (χ0) is 31.9. The number of hydrogen-bond donors (Lipinski definition) is 2. The van der Waals surface area contributed by atoms with Gasteiger partial charge in [0.25, 0.3) is 11.8 Å². The Bertz CT molecular complexity index is 1560. The molecule has 1 atom stereocenters. The molecule has 0 fully saturated rings. The van der Waals surface area contributed by atoms with Gasteiger partial charge in [-0.1, -0.05) is 28.6 Å². The van der Waals surface area contributed by atoms with Gasteiger partial charge in [-0.05, 0) is 36.2 Å². The van der Waals surface area contributed by atoms with Crippen LogP contribution in [0.1, 0.15) is 44.3 Å². The monoisotopic (exact) mass is 629 g/mol. The van der Waals surface area contributed by atoms with Crippen LogP contribution in [-0.4, -0.2) is 71.2 Å². The summed E-state index contributed by atoms with van der Waals surface area (Å²) in [6.07, 6.45) is -9.14. The molecule has 1 aromatic carbocycles. The standard InChI is InChI=1S/C25H22F7N9O3/c26-16(12-40(23(43)19-11-34-38-36-19)13-17-4-2-6-21(35-17)24(27,28)29)7-8-41-14-20(37-39-41)22(42)33-10-15-3-1-5-18(9-15)44-25(30,31)32/h1-6,9,11,14,16H,7-8,10,12-13H2,(H,33,42)(H,34,36,38). The molecular formula is C25H22F7N9O3. The maximum absolute atomic E-state index is 15.1. The Labute approximate surface area is 243 Å². The number of aryl methyl sites for hydroxylation is 1. The van der Waals surface area contributed by atoms with Crippen LogP contribution < -0.4 is 10.1 Å². The summed E-state index contributed by atoms with van der Waals surface area (Å²) in [5.74, 6) is -1.95. The third-order valence-corrected chi connectivity index (χ3v) is 5.82. The van der Waals surface area contributed by atoms with Gasteiger partial charge in [0.1, 0.15) is 17.6 Å². The maximum Gasteiger partial charge on any atom is 0.573 e. The van der Waals surface area contributed by atoms with Crippen molar-refractivity contribution in [1.29, 1.82) is 0 Å². The van der Waals surface area contributed by atoms with Crippen LogP contribution in [0.3, 0.4) is 0 Å². The molecule has 0 aliphatic carbocycles. The Balaban J connectivity index is 1.33. The van der Waals surface area contributed by atoms with Crippen LogP contribution in [0.2, 0.25) is 0 Å². The van der Waals surface area contributed by atoms with Crippen LogP contribution in [0.15, 0.2) is 54.9 Å². The fourth-order valence-corrected chi connectivity index (χ4v) is 3.85. The Morgan fingerprint density at radius 1 is 1.05 bits per heavy atom. The first-order chi connectivity index (χ1) is 20.8. The van der Waals surface area contributed by atoms with E-state index in [-0.39, 0.29) is 36.6 Å². The summed E-state index contributed by atoms with van der Waals surface area (Å²) < 4.78 is 96.6. The van der Waals surface area contributed by atoms with Crippen LogP contribution in [0, 0.1) is 0 Å². The molecular weight excluding hydrogens is 607 g/mol. The number of ether oxygens (including phenoxy) is 1. The van der Waals surface area contributed by atoms with E-state index in [2.05, 4.69) is 40.8 Å². The number of carbonyl (C=O) groups is 2. The van der Waals surface area contributed by atoms with Gasteiger partial charge in [0, 0.05) is 13.1 Å². The summed E-state index contributed by atoms with van der Waals surface area (Å²) in [5.41, 5.74) is -1.32. The molecule has 0 aliphatic heterocycles. The first-order valence-electron chi connectivity index (χ1n) is 12.6. The number of alkyl halides is 7. The Morgan fingerprint density at radius 3 is 2.52 bits per heavy atom. The van der Waals surface area contributed by atoms with Gasteiger partial charge >= 0.3 is 12.5 Å². The van der Waals surface area contributed by atoms with E-state index in [9.17, 15) is 35.9 Å². The molecule has 2 amide bonds. The minimum absolute atomic E-state index is 0.0912. The molecule has 12 nitrogen and oxygen atoms in total. The maximum atomic E-state index is 15.1.